The van der Waals surface area contributed by atoms with E-state index in [0.717, 1.165) is 18.7 Å². The highest BCUT2D eigenvalue weighted by atomic mass is 16.5. The summed E-state index contributed by atoms with van der Waals surface area (Å²) in [4.78, 5) is 14.3. The minimum absolute atomic E-state index is 0.133. The fourth-order valence-corrected chi connectivity index (χ4v) is 2.48. The summed E-state index contributed by atoms with van der Waals surface area (Å²) in [6.07, 6.45) is 3.63. The van der Waals surface area contributed by atoms with Crippen LogP contribution in [0.2, 0.25) is 0 Å². The van der Waals surface area contributed by atoms with Gasteiger partial charge in [0.2, 0.25) is 0 Å². The van der Waals surface area contributed by atoms with Crippen LogP contribution in [0, 0.1) is 0 Å². The molecule has 1 aromatic rings. The zero-order chi connectivity index (χ0) is 15.1. The van der Waals surface area contributed by atoms with Crippen LogP contribution in [0.3, 0.4) is 0 Å². The predicted molar refractivity (Wildman–Crippen MR) is 82.8 cm³/mol. The third-order valence-electron chi connectivity index (χ3n) is 3.51. The number of carbonyl (C=O) groups excluding carboxylic acids is 1. The number of hydrogen-bond acceptors (Lipinski definition) is 4. The first-order valence-corrected chi connectivity index (χ1v) is 7.81. The van der Waals surface area contributed by atoms with Crippen LogP contribution in [0.4, 0.5) is 0 Å². The maximum atomic E-state index is 11.9. The van der Waals surface area contributed by atoms with E-state index in [-0.39, 0.29) is 12.1 Å². The zero-order valence-corrected chi connectivity index (χ0v) is 13.0. The molecule has 1 heterocycles. The van der Waals surface area contributed by atoms with Gasteiger partial charge in [0.15, 0.2) is 0 Å². The quantitative estimate of drug-likeness (QED) is 0.571. The van der Waals surface area contributed by atoms with Crippen molar-refractivity contribution in [2.75, 3.05) is 26.2 Å². The molecule has 0 atom stereocenters. The average Bonchev–Trinajstić information content (AvgIpc) is 2.97. The molecular formula is C17H25NO3. The van der Waals surface area contributed by atoms with Crippen LogP contribution in [0.15, 0.2) is 24.3 Å². The van der Waals surface area contributed by atoms with Crippen molar-refractivity contribution in [3.05, 3.63) is 29.8 Å². The molecule has 1 saturated heterocycles. The van der Waals surface area contributed by atoms with Crippen molar-refractivity contribution < 1.29 is 14.3 Å². The Balaban J connectivity index is 1.69. The average molecular weight is 291 g/mol. The Bertz CT molecular complexity index is 436. The van der Waals surface area contributed by atoms with Crippen molar-refractivity contribution >= 4 is 5.97 Å². The van der Waals surface area contributed by atoms with Crippen molar-refractivity contribution in [2.45, 2.75) is 39.2 Å². The van der Waals surface area contributed by atoms with Crippen molar-refractivity contribution in [1.29, 1.82) is 0 Å². The van der Waals surface area contributed by atoms with E-state index in [1.807, 2.05) is 13.8 Å². The van der Waals surface area contributed by atoms with Gasteiger partial charge < -0.3 is 14.4 Å². The fraction of sp³-hybridized carbons (Fsp3) is 0.588. The van der Waals surface area contributed by atoms with Gasteiger partial charge in [0.1, 0.15) is 5.75 Å². The Morgan fingerprint density at radius 1 is 1.19 bits per heavy atom. The van der Waals surface area contributed by atoms with Crippen LogP contribution < -0.4 is 4.74 Å². The Morgan fingerprint density at radius 2 is 1.86 bits per heavy atom. The molecule has 0 aromatic heterocycles. The molecule has 0 unspecified atom stereocenters. The van der Waals surface area contributed by atoms with Gasteiger partial charge in [-0.15, -0.1) is 0 Å². The topological polar surface area (TPSA) is 38.8 Å². The van der Waals surface area contributed by atoms with Crippen molar-refractivity contribution in [3.63, 3.8) is 0 Å². The molecule has 1 aliphatic rings. The van der Waals surface area contributed by atoms with Gasteiger partial charge in [0.05, 0.1) is 18.3 Å². The first kappa shape index (κ1) is 15.8. The number of carbonyl (C=O) groups is 1. The number of rotatable bonds is 7. The molecule has 0 N–H and O–H groups in total. The molecule has 1 aromatic carbocycles. The van der Waals surface area contributed by atoms with Crippen molar-refractivity contribution in [3.8, 4) is 5.75 Å². The highest BCUT2D eigenvalue weighted by Gasteiger charge is 2.11. The van der Waals surface area contributed by atoms with Crippen LogP contribution in [-0.4, -0.2) is 43.2 Å². The van der Waals surface area contributed by atoms with E-state index < -0.39 is 0 Å². The maximum Gasteiger partial charge on any atom is 0.338 e. The minimum Gasteiger partial charge on any atom is -0.491 e. The predicted octanol–water partition coefficient (Wildman–Crippen LogP) is 3.12. The Kier molecular flexibility index (Phi) is 6.05. The Hall–Kier alpha value is -1.55. The van der Waals surface area contributed by atoms with Gasteiger partial charge in [-0.05, 0) is 70.5 Å². The molecule has 116 valence electrons. The molecule has 21 heavy (non-hydrogen) atoms. The molecule has 4 heteroatoms. The van der Waals surface area contributed by atoms with Gasteiger partial charge in [-0.25, -0.2) is 4.79 Å². The summed E-state index contributed by atoms with van der Waals surface area (Å²) in [5.74, 6) is 0.517. The lowest BCUT2D eigenvalue weighted by Gasteiger charge is -2.14. The summed E-state index contributed by atoms with van der Waals surface area (Å²) in [6.45, 7) is 7.83. The lowest BCUT2D eigenvalue weighted by molar-refractivity contribution is 0.0491. The van der Waals surface area contributed by atoms with Gasteiger partial charge in [0, 0.05) is 6.54 Å². The van der Waals surface area contributed by atoms with Gasteiger partial charge in [-0.2, -0.15) is 0 Å². The first-order chi connectivity index (χ1) is 10.1. The van der Waals surface area contributed by atoms with Gasteiger partial charge in [-0.3, -0.25) is 0 Å². The van der Waals surface area contributed by atoms with E-state index in [9.17, 15) is 4.79 Å². The van der Waals surface area contributed by atoms with E-state index in [1.165, 1.54) is 25.9 Å². The summed E-state index contributed by atoms with van der Waals surface area (Å²) < 4.78 is 10.8. The number of nitrogens with zero attached hydrogens (tertiary/aromatic N) is 1. The highest BCUT2D eigenvalue weighted by molar-refractivity contribution is 5.89. The molecule has 0 radical (unpaired) electrons. The second-order valence-electron chi connectivity index (χ2n) is 5.73. The summed E-state index contributed by atoms with van der Waals surface area (Å²) in [6, 6.07) is 7.11. The van der Waals surface area contributed by atoms with E-state index >= 15 is 0 Å². The van der Waals surface area contributed by atoms with Crippen LogP contribution in [0.1, 0.15) is 43.5 Å². The van der Waals surface area contributed by atoms with Crippen LogP contribution in [0.5, 0.6) is 5.75 Å². The SMILES string of the molecule is CC(C)Oc1ccc(C(=O)OCCCN2CCCC2)cc1. The third kappa shape index (κ3) is 5.38. The van der Waals surface area contributed by atoms with Gasteiger partial charge in [0.25, 0.3) is 0 Å². The van der Waals surface area contributed by atoms with E-state index in [4.69, 9.17) is 9.47 Å². The molecule has 1 fully saturated rings. The van der Waals surface area contributed by atoms with Crippen molar-refractivity contribution in [1.82, 2.24) is 4.90 Å². The van der Waals surface area contributed by atoms with Gasteiger partial charge in [-0.1, -0.05) is 0 Å². The summed E-state index contributed by atoms with van der Waals surface area (Å²) in [5.41, 5.74) is 0.576. The number of likely N-dealkylation sites (tertiary alicyclic amines) is 1. The van der Waals surface area contributed by atoms with E-state index in [1.54, 1.807) is 24.3 Å². The molecule has 0 amide bonds. The monoisotopic (exact) mass is 291 g/mol. The Morgan fingerprint density at radius 3 is 2.48 bits per heavy atom. The number of esters is 1. The van der Waals surface area contributed by atoms with E-state index in [0.29, 0.717) is 12.2 Å². The summed E-state index contributed by atoms with van der Waals surface area (Å²) >= 11 is 0. The van der Waals surface area contributed by atoms with E-state index in [2.05, 4.69) is 4.90 Å². The zero-order valence-electron chi connectivity index (χ0n) is 13.0. The first-order valence-electron chi connectivity index (χ1n) is 7.81. The molecule has 0 saturated carbocycles. The number of hydrogen-bond donors (Lipinski definition) is 0. The van der Waals surface area contributed by atoms with Gasteiger partial charge >= 0.3 is 5.97 Å². The van der Waals surface area contributed by atoms with Crippen LogP contribution in [0.25, 0.3) is 0 Å². The molecule has 0 bridgehead atoms. The summed E-state index contributed by atoms with van der Waals surface area (Å²) in [5, 5.41) is 0. The lowest BCUT2D eigenvalue weighted by atomic mass is 10.2. The molecule has 2 rings (SSSR count). The third-order valence-corrected chi connectivity index (χ3v) is 3.51. The molecule has 0 aliphatic carbocycles. The minimum atomic E-state index is -0.257. The molecular weight excluding hydrogens is 266 g/mol. The largest absolute Gasteiger partial charge is 0.491 e. The second-order valence-corrected chi connectivity index (χ2v) is 5.73. The van der Waals surface area contributed by atoms with Crippen molar-refractivity contribution in [2.24, 2.45) is 0 Å². The smallest absolute Gasteiger partial charge is 0.338 e. The summed E-state index contributed by atoms with van der Waals surface area (Å²) in [7, 11) is 0. The fourth-order valence-electron chi connectivity index (χ4n) is 2.48. The standard InChI is InChI=1S/C17H25NO3/c1-14(2)21-16-8-6-15(7-9-16)17(19)20-13-5-12-18-10-3-4-11-18/h6-9,14H,3-5,10-13H2,1-2H3. The van der Waals surface area contributed by atoms with Crippen LogP contribution >= 0.6 is 0 Å². The molecule has 0 spiro atoms. The maximum absolute atomic E-state index is 11.9. The second kappa shape index (κ2) is 8.03. The van der Waals surface area contributed by atoms with Crippen LogP contribution in [-0.2, 0) is 4.74 Å². The normalized spacial score (nSPS) is 15.4. The highest BCUT2D eigenvalue weighted by Crippen LogP contribution is 2.14. The lowest BCUT2D eigenvalue weighted by Crippen LogP contribution is -2.22. The molecule has 1 aliphatic heterocycles. The number of benzene rings is 1. The Labute approximate surface area is 127 Å². The molecule has 4 nitrogen and oxygen atoms in total. The number of ether oxygens (including phenoxy) is 2.